The highest BCUT2D eigenvalue weighted by molar-refractivity contribution is 7.16. The molecule has 1 unspecified atom stereocenters. The van der Waals surface area contributed by atoms with Gasteiger partial charge in [-0.1, -0.05) is 25.4 Å². The molecule has 0 spiro atoms. The SMILES string of the molecule is CC(C)CCOC(CN)c1ccc(Cl)s1. The van der Waals surface area contributed by atoms with Gasteiger partial charge in [0.2, 0.25) is 0 Å². The molecule has 1 rings (SSSR count). The molecule has 0 bridgehead atoms. The summed E-state index contributed by atoms with van der Waals surface area (Å²) in [6.45, 7) is 5.63. The Hall–Kier alpha value is -0.0900. The van der Waals surface area contributed by atoms with Gasteiger partial charge in [-0.3, -0.25) is 0 Å². The molecule has 86 valence electrons. The molecule has 0 radical (unpaired) electrons. The lowest BCUT2D eigenvalue weighted by Crippen LogP contribution is -2.16. The van der Waals surface area contributed by atoms with Gasteiger partial charge in [0.1, 0.15) is 6.10 Å². The molecular formula is C11H18ClNOS. The Balaban J connectivity index is 2.42. The Kier molecular flexibility index (Phi) is 5.61. The molecule has 0 aliphatic carbocycles. The maximum Gasteiger partial charge on any atom is 0.104 e. The molecule has 0 aliphatic heterocycles. The van der Waals surface area contributed by atoms with Crippen molar-refractivity contribution < 1.29 is 4.74 Å². The highest BCUT2D eigenvalue weighted by Gasteiger charge is 2.12. The fourth-order valence-electron chi connectivity index (χ4n) is 1.21. The molecule has 0 fully saturated rings. The van der Waals surface area contributed by atoms with Crippen LogP contribution in [0, 0.1) is 5.92 Å². The molecule has 1 atom stereocenters. The third kappa shape index (κ3) is 4.51. The lowest BCUT2D eigenvalue weighted by atomic mass is 10.1. The molecule has 1 aromatic rings. The van der Waals surface area contributed by atoms with Gasteiger partial charge in [-0.25, -0.2) is 0 Å². The minimum atomic E-state index is 0.00116. The first-order valence-corrected chi connectivity index (χ1v) is 6.39. The molecule has 1 aromatic heterocycles. The molecule has 0 aromatic carbocycles. The first-order valence-electron chi connectivity index (χ1n) is 5.20. The third-order valence-corrected chi connectivity index (χ3v) is 3.46. The van der Waals surface area contributed by atoms with Crippen molar-refractivity contribution in [1.29, 1.82) is 0 Å². The summed E-state index contributed by atoms with van der Waals surface area (Å²) in [6.07, 6.45) is 1.07. The summed E-state index contributed by atoms with van der Waals surface area (Å²) >= 11 is 7.41. The first kappa shape index (κ1) is 13.0. The highest BCUT2D eigenvalue weighted by Crippen LogP contribution is 2.28. The summed E-state index contributed by atoms with van der Waals surface area (Å²) in [7, 11) is 0. The largest absolute Gasteiger partial charge is 0.371 e. The van der Waals surface area contributed by atoms with Crippen LogP contribution in [0.3, 0.4) is 0 Å². The molecule has 0 saturated carbocycles. The molecular weight excluding hydrogens is 230 g/mol. The van der Waals surface area contributed by atoms with Crippen molar-refractivity contribution in [1.82, 2.24) is 0 Å². The maximum absolute atomic E-state index is 5.87. The summed E-state index contributed by atoms with van der Waals surface area (Å²) in [5, 5.41) is 0. The number of nitrogens with two attached hydrogens (primary N) is 1. The number of ether oxygens (including phenoxy) is 1. The van der Waals surface area contributed by atoms with E-state index in [-0.39, 0.29) is 6.10 Å². The van der Waals surface area contributed by atoms with Crippen molar-refractivity contribution in [2.45, 2.75) is 26.4 Å². The lowest BCUT2D eigenvalue weighted by Gasteiger charge is -2.15. The summed E-state index contributed by atoms with van der Waals surface area (Å²) in [4.78, 5) is 1.12. The topological polar surface area (TPSA) is 35.2 Å². The molecule has 4 heteroatoms. The monoisotopic (exact) mass is 247 g/mol. The zero-order chi connectivity index (χ0) is 11.3. The van der Waals surface area contributed by atoms with Crippen LogP contribution < -0.4 is 5.73 Å². The molecule has 2 nitrogen and oxygen atoms in total. The zero-order valence-corrected chi connectivity index (χ0v) is 10.8. The van der Waals surface area contributed by atoms with Crippen molar-refractivity contribution in [2.24, 2.45) is 11.7 Å². The van der Waals surface area contributed by atoms with Crippen LogP contribution in [0.1, 0.15) is 31.2 Å². The van der Waals surface area contributed by atoms with E-state index in [1.807, 2.05) is 12.1 Å². The van der Waals surface area contributed by atoms with Crippen molar-refractivity contribution >= 4 is 22.9 Å². The molecule has 0 saturated heterocycles. The van der Waals surface area contributed by atoms with E-state index >= 15 is 0 Å². The lowest BCUT2D eigenvalue weighted by molar-refractivity contribution is 0.0538. The standard InChI is InChI=1S/C11H18ClNOS/c1-8(2)5-6-14-9(7-13)10-3-4-11(12)15-10/h3-4,8-9H,5-7,13H2,1-2H3. The van der Waals surface area contributed by atoms with E-state index in [2.05, 4.69) is 13.8 Å². The van der Waals surface area contributed by atoms with Gasteiger partial charge < -0.3 is 10.5 Å². The molecule has 1 heterocycles. The average molecular weight is 248 g/mol. The van der Waals surface area contributed by atoms with Gasteiger partial charge in [-0.2, -0.15) is 0 Å². The average Bonchev–Trinajstić information content (AvgIpc) is 2.59. The quantitative estimate of drug-likeness (QED) is 0.836. The van der Waals surface area contributed by atoms with Crippen LogP contribution in [0.15, 0.2) is 12.1 Å². The minimum Gasteiger partial charge on any atom is -0.371 e. The number of rotatable bonds is 6. The van der Waals surface area contributed by atoms with E-state index in [0.29, 0.717) is 12.5 Å². The number of thiophene rings is 1. The van der Waals surface area contributed by atoms with Crippen LogP contribution >= 0.6 is 22.9 Å². The van der Waals surface area contributed by atoms with Gasteiger partial charge in [-0.15, -0.1) is 11.3 Å². The second-order valence-corrected chi connectivity index (χ2v) is 5.67. The van der Waals surface area contributed by atoms with Gasteiger partial charge >= 0.3 is 0 Å². The predicted octanol–water partition coefficient (Wildman–Crippen LogP) is 3.46. The van der Waals surface area contributed by atoms with E-state index in [0.717, 1.165) is 22.2 Å². The summed E-state index contributed by atoms with van der Waals surface area (Å²) in [5.74, 6) is 0.662. The van der Waals surface area contributed by atoms with Crippen LogP contribution in [0.25, 0.3) is 0 Å². The van der Waals surface area contributed by atoms with Crippen LogP contribution in [-0.4, -0.2) is 13.2 Å². The zero-order valence-electron chi connectivity index (χ0n) is 9.20. The number of hydrogen-bond acceptors (Lipinski definition) is 3. The summed E-state index contributed by atoms with van der Waals surface area (Å²) in [6, 6.07) is 3.87. The van der Waals surface area contributed by atoms with Crippen molar-refractivity contribution in [2.75, 3.05) is 13.2 Å². The normalized spacial score (nSPS) is 13.4. The number of halogens is 1. The van der Waals surface area contributed by atoms with Crippen molar-refractivity contribution in [3.63, 3.8) is 0 Å². The van der Waals surface area contributed by atoms with Crippen LogP contribution in [0.4, 0.5) is 0 Å². The van der Waals surface area contributed by atoms with E-state index in [4.69, 9.17) is 22.1 Å². The van der Waals surface area contributed by atoms with E-state index in [1.165, 1.54) is 11.3 Å². The van der Waals surface area contributed by atoms with Crippen LogP contribution in [0.2, 0.25) is 4.34 Å². The minimum absolute atomic E-state index is 0.00116. The molecule has 0 aliphatic rings. The van der Waals surface area contributed by atoms with Gasteiger partial charge in [0, 0.05) is 18.0 Å². The molecule has 2 N–H and O–H groups in total. The van der Waals surface area contributed by atoms with Gasteiger partial charge in [-0.05, 0) is 24.5 Å². The number of hydrogen-bond donors (Lipinski definition) is 1. The van der Waals surface area contributed by atoms with Crippen LogP contribution in [0.5, 0.6) is 0 Å². The molecule has 15 heavy (non-hydrogen) atoms. The Morgan fingerprint density at radius 3 is 2.67 bits per heavy atom. The Morgan fingerprint density at radius 1 is 1.47 bits per heavy atom. The Bertz CT molecular complexity index is 288. The third-order valence-electron chi connectivity index (χ3n) is 2.14. The highest BCUT2D eigenvalue weighted by atomic mass is 35.5. The van der Waals surface area contributed by atoms with Crippen LogP contribution in [-0.2, 0) is 4.74 Å². The fraction of sp³-hybridized carbons (Fsp3) is 0.636. The Labute approximate surface area is 100 Å². The summed E-state index contributed by atoms with van der Waals surface area (Å²) in [5.41, 5.74) is 5.67. The Morgan fingerprint density at radius 2 is 2.20 bits per heavy atom. The van der Waals surface area contributed by atoms with Crippen molar-refractivity contribution in [3.05, 3.63) is 21.3 Å². The smallest absolute Gasteiger partial charge is 0.104 e. The van der Waals surface area contributed by atoms with Gasteiger partial charge in [0.05, 0.1) is 4.34 Å². The molecule has 0 amide bonds. The predicted molar refractivity (Wildman–Crippen MR) is 66.5 cm³/mol. The summed E-state index contributed by atoms with van der Waals surface area (Å²) < 4.78 is 6.52. The van der Waals surface area contributed by atoms with Crippen molar-refractivity contribution in [3.8, 4) is 0 Å². The van der Waals surface area contributed by atoms with Gasteiger partial charge in [0.25, 0.3) is 0 Å². The fourth-order valence-corrected chi connectivity index (χ4v) is 2.34. The second kappa shape index (κ2) is 6.48. The maximum atomic E-state index is 5.87. The van der Waals surface area contributed by atoms with Gasteiger partial charge in [0.15, 0.2) is 0 Å². The van der Waals surface area contributed by atoms with E-state index in [9.17, 15) is 0 Å². The van der Waals surface area contributed by atoms with E-state index < -0.39 is 0 Å². The second-order valence-electron chi connectivity index (χ2n) is 3.92. The van der Waals surface area contributed by atoms with E-state index in [1.54, 1.807) is 0 Å². The first-order chi connectivity index (χ1) is 7.13.